The SMILES string of the molecule is COCCOCCCOc1ncc(N)cc1C(=O)O. The van der Waals surface area contributed by atoms with Gasteiger partial charge in [0.2, 0.25) is 5.88 Å². The Hall–Kier alpha value is -1.86. The summed E-state index contributed by atoms with van der Waals surface area (Å²) < 4.78 is 15.4. The van der Waals surface area contributed by atoms with Crippen molar-refractivity contribution in [1.29, 1.82) is 0 Å². The zero-order chi connectivity index (χ0) is 14.1. The minimum absolute atomic E-state index is 0.0414. The molecule has 0 fully saturated rings. The first-order valence-electron chi connectivity index (χ1n) is 5.83. The summed E-state index contributed by atoms with van der Waals surface area (Å²) in [4.78, 5) is 14.8. The van der Waals surface area contributed by atoms with Crippen molar-refractivity contribution < 1.29 is 24.1 Å². The first-order valence-corrected chi connectivity index (χ1v) is 5.83. The van der Waals surface area contributed by atoms with Crippen LogP contribution in [0.15, 0.2) is 12.3 Å². The van der Waals surface area contributed by atoms with Crippen molar-refractivity contribution in [2.24, 2.45) is 0 Å². The number of aromatic nitrogens is 1. The molecule has 0 atom stereocenters. The van der Waals surface area contributed by atoms with Gasteiger partial charge in [0.1, 0.15) is 5.56 Å². The maximum atomic E-state index is 11.0. The van der Waals surface area contributed by atoms with Crippen LogP contribution < -0.4 is 10.5 Å². The standard InChI is InChI=1S/C12H18N2O5/c1-17-5-6-18-3-2-4-19-11-10(12(15)16)7-9(13)8-14-11/h7-8H,2-6,13H2,1H3,(H,15,16). The lowest BCUT2D eigenvalue weighted by Crippen LogP contribution is -2.10. The van der Waals surface area contributed by atoms with E-state index in [4.69, 9.17) is 25.1 Å². The highest BCUT2D eigenvalue weighted by atomic mass is 16.5. The quantitative estimate of drug-likeness (QED) is 0.639. The number of hydrogen-bond acceptors (Lipinski definition) is 6. The molecule has 0 spiro atoms. The Morgan fingerprint density at radius 3 is 2.84 bits per heavy atom. The number of nitrogen functional groups attached to an aromatic ring is 1. The molecular formula is C12H18N2O5. The molecule has 1 aromatic rings. The fraction of sp³-hybridized carbons (Fsp3) is 0.500. The Morgan fingerprint density at radius 2 is 2.16 bits per heavy atom. The third kappa shape index (κ3) is 5.54. The molecular weight excluding hydrogens is 252 g/mol. The summed E-state index contributed by atoms with van der Waals surface area (Å²) in [5.41, 5.74) is 5.72. The molecule has 1 rings (SSSR count). The lowest BCUT2D eigenvalue weighted by atomic mass is 10.2. The normalized spacial score (nSPS) is 10.4. The van der Waals surface area contributed by atoms with E-state index in [1.54, 1.807) is 7.11 Å². The number of hydrogen-bond donors (Lipinski definition) is 2. The van der Waals surface area contributed by atoms with Gasteiger partial charge in [-0.25, -0.2) is 9.78 Å². The van der Waals surface area contributed by atoms with E-state index in [0.717, 1.165) is 0 Å². The van der Waals surface area contributed by atoms with Gasteiger partial charge >= 0.3 is 5.97 Å². The van der Waals surface area contributed by atoms with Crippen molar-refractivity contribution >= 4 is 11.7 Å². The summed E-state index contributed by atoms with van der Waals surface area (Å²) in [6.07, 6.45) is 1.99. The predicted molar refractivity (Wildman–Crippen MR) is 68.4 cm³/mol. The Morgan fingerprint density at radius 1 is 1.37 bits per heavy atom. The third-order valence-electron chi connectivity index (χ3n) is 2.21. The number of anilines is 1. The smallest absolute Gasteiger partial charge is 0.341 e. The van der Waals surface area contributed by atoms with Crippen LogP contribution in [0.25, 0.3) is 0 Å². The number of nitrogens with zero attached hydrogens (tertiary/aromatic N) is 1. The average molecular weight is 270 g/mol. The average Bonchev–Trinajstić information content (AvgIpc) is 2.39. The number of methoxy groups -OCH3 is 1. The molecule has 0 aromatic carbocycles. The van der Waals surface area contributed by atoms with Gasteiger partial charge in [0.15, 0.2) is 0 Å². The van der Waals surface area contributed by atoms with Crippen molar-refractivity contribution in [2.75, 3.05) is 39.3 Å². The zero-order valence-electron chi connectivity index (χ0n) is 10.8. The molecule has 0 aliphatic carbocycles. The Bertz CT molecular complexity index is 411. The monoisotopic (exact) mass is 270 g/mol. The van der Waals surface area contributed by atoms with Gasteiger partial charge in [-0.1, -0.05) is 0 Å². The van der Waals surface area contributed by atoms with E-state index in [2.05, 4.69) is 4.98 Å². The summed E-state index contributed by atoms with van der Waals surface area (Å²) >= 11 is 0. The highest BCUT2D eigenvalue weighted by Crippen LogP contribution is 2.17. The van der Waals surface area contributed by atoms with E-state index in [1.807, 2.05) is 0 Å². The number of aromatic carboxylic acids is 1. The second-order valence-corrected chi connectivity index (χ2v) is 3.73. The molecule has 0 amide bonds. The van der Waals surface area contributed by atoms with E-state index < -0.39 is 5.97 Å². The molecule has 7 heteroatoms. The van der Waals surface area contributed by atoms with Gasteiger partial charge in [0.25, 0.3) is 0 Å². The Kier molecular flexibility index (Phi) is 6.62. The van der Waals surface area contributed by atoms with E-state index >= 15 is 0 Å². The molecule has 106 valence electrons. The van der Waals surface area contributed by atoms with E-state index in [-0.39, 0.29) is 17.1 Å². The van der Waals surface area contributed by atoms with Crippen molar-refractivity contribution in [3.8, 4) is 5.88 Å². The second-order valence-electron chi connectivity index (χ2n) is 3.73. The van der Waals surface area contributed by atoms with Crippen LogP contribution in [0.3, 0.4) is 0 Å². The largest absolute Gasteiger partial charge is 0.477 e. The van der Waals surface area contributed by atoms with Gasteiger partial charge in [0.05, 0.1) is 31.7 Å². The van der Waals surface area contributed by atoms with Crippen molar-refractivity contribution in [3.05, 3.63) is 17.8 Å². The number of nitrogens with two attached hydrogens (primary N) is 1. The Balaban J connectivity index is 2.35. The minimum atomic E-state index is -1.12. The fourth-order valence-corrected chi connectivity index (χ4v) is 1.31. The highest BCUT2D eigenvalue weighted by molar-refractivity contribution is 5.91. The van der Waals surface area contributed by atoms with Crippen molar-refractivity contribution in [3.63, 3.8) is 0 Å². The summed E-state index contributed by atoms with van der Waals surface area (Å²) in [6, 6.07) is 1.32. The summed E-state index contributed by atoms with van der Waals surface area (Å²) in [5.74, 6) is -1.05. The van der Waals surface area contributed by atoms with Crippen molar-refractivity contribution in [1.82, 2.24) is 4.98 Å². The number of pyridine rings is 1. The van der Waals surface area contributed by atoms with Crippen LogP contribution in [0.2, 0.25) is 0 Å². The third-order valence-corrected chi connectivity index (χ3v) is 2.21. The molecule has 0 radical (unpaired) electrons. The van der Waals surface area contributed by atoms with E-state index in [9.17, 15) is 4.79 Å². The number of carbonyl (C=O) groups is 1. The number of rotatable bonds is 9. The van der Waals surface area contributed by atoms with Crippen LogP contribution in [-0.2, 0) is 9.47 Å². The molecule has 0 saturated heterocycles. The van der Waals surface area contributed by atoms with Crippen LogP contribution in [0.4, 0.5) is 5.69 Å². The molecule has 1 heterocycles. The maximum Gasteiger partial charge on any atom is 0.341 e. The molecule has 0 unspecified atom stereocenters. The lowest BCUT2D eigenvalue weighted by Gasteiger charge is -2.08. The maximum absolute atomic E-state index is 11.0. The molecule has 0 saturated carbocycles. The molecule has 0 aliphatic rings. The zero-order valence-corrected chi connectivity index (χ0v) is 10.8. The predicted octanol–water partition coefficient (Wildman–Crippen LogP) is 0.794. The van der Waals surface area contributed by atoms with Crippen LogP contribution in [0.1, 0.15) is 16.8 Å². The molecule has 0 bridgehead atoms. The summed E-state index contributed by atoms with van der Waals surface area (Å²) in [7, 11) is 1.60. The van der Waals surface area contributed by atoms with E-state index in [0.29, 0.717) is 32.8 Å². The topological polar surface area (TPSA) is 104 Å². The van der Waals surface area contributed by atoms with Gasteiger partial charge in [-0.05, 0) is 6.07 Å². The number of carboxylic acid groups (broad SMARTS) is 1. The van der Waals surface area contributed by atoms with Gasteiger partial charge in [0, 0.05) is 20.1 Å². The van der Waals surface area contributed by atoms with Crippen LogP contribution in [0, 0.1) is 0 Å². The fourth-order valence-electron chi connectivity index (χ4n) is 1.31. The summed E-state index contributed by atoms with van der Waals surface area (Å²) in [6.45, 7) is 1.91. The summed E-state index contributed by atoms with van der Waals surface area (Å²) in [5, 5.41) is 8.98. The van der Waals surface area contributed by atoms with Gasteiger partial charge in [-0.3, -0.25) is 0 Å². The molecule has 7 nitrogen and oxygen atoms in total. The Labute approximate surface area is 111 Å². The second kappa shape index (κ2) is 8.28. The first kappa shape index (κ1) is 15.2. The lowest BCUT2D eigenvalue weighted by molar-refractivity contribution is 0.0634. The van der Waals surface area contributed by atoms with Crippen LogP contribution >= 0.6 is 0 Å². The first-order chi connectivity index (χ1) is 9.15. The van der Waals surface area contributed by atoms with Gasteiger partial charge < -0.3 is 25.1 Å². The van der Waals surface area contributed by atoms with Crippen LogP contribution in [-0.4, -0.2) is 49.6 Å². The van der Waals surface area contributed by atoms with Crippen molar-refractivity contribution in [2.45, 2.75) is 6.42 Å². The minimum Gasteiger partial charge on any atom is -0.477 e. The van der Waals surface area contributed by atoms with Crippen LogP contribution in [0.5, 0.6) is 5.88 Å². The van der Waals surface area contributed by atoms with E-state index in [1.165, 1.54) is 12.3 Å². The molecule has 0 aliphatic heterocycles. The number of carboxylic acids is 1. The van der Waals surface area contributed by atoms with Gasteiger partial charge in [-0.15, -0.1) is 0 Å². The molecule has 19 heavy (non-hydrogen) atoms. The number of ether oxygens (including phenoxy) is 3. The molecule has 3 N–H and O–H groups in total. The highest BCUT2D eigenvalue weighted by Gasteiger charge is 2.13. The van der Waals surface area contributed by atoms with Gasteiger partial charge in [-0.2, -0.15) is 0 Å². The molecule has 1 aromatic heterocycles.